The van der Waals surface area contributed by atoms with Crippen LogP contribution in [0.25, 0.3) is 0 Å². The minimum absolute atomic E-state index is 0.000553. The van der Waals surface area contributed by atoms with Crippen LogP contribution >= 0.6 is 0 Å². The van der Waals surface area contributed by atoms with E-state index in [4.69, 9.17) is 9.84 Å². The van der Waals surface area contributed by atoms with Crippen molar-refractivity contribution in [2.45, 2.75) is 32.8 Å². The molecule has 1 aromatic rings. The first-order valence-corrected chi connectivity index (χ1v) is 4.84. The van der Waals surface area contributed by atoms with Crippen molar-refractivity contribution in [2.75, 3.05) is 0 Å². The van der Waals surface area contributed by atoms with Crippen molar-refractivity contribution in [3.63, 3.8) is 0 Å². The molecule has 0 saturated heterocycles. The second kappa shape index (κ2) is 4.29. The fourth-order valence-corrected chi connectivity index (χ4v) is 0.946. The molecule has 0 spiro atoms. The number of carbonyl (C=O) groups is 1. The van der Waals surface area contributed by atoms with Gasteiger partial charge in [0.15, 0.2) is 5.69 Å². The number of ether oxygens (including phenoxy) is 1. The third-order valence-electron chi connectivity index (χ3n) is 2.17. The molecule has 1 heterocycles. The lowest BCUT2D eigenvalue weighted by Crippen LogP contribution is -2.27. The van der Waals surface area contributed by atoms with Gasteiger partial charge < -0.3 is 9.84 Å². The Labute approximate surface area is 88.9 Å². The molecule has 0 radical (unpaired) electrons. The van der Waals surface area contributed by atoms with E-state index in [9.17, 15) is 4.79 Å². The second-order valence-corrected chi connectivity index (χ2v) is 3.88. The van der Waals surface area contributed by atoms with Crippen LogP contribution < -0.4 is 4.74 Å². The largest absolute Gasteiger partial charge is 0.477 e. The lowest BCUT2D eigenvalue weighted by molar-refractivity contribution is 0.0680. The van der Waals surface area contributed by atoms with E-state index in [1.54, 1.807) is 12.1 Å². The quantitative estimate of drug-likeness (QED) is 0.826. The summed E-state index contributed by atoms with van der Waals surface area (Å²) in [6.07, 6.45) is 0.825. The molecule has 1 aromatic heterocycles. The van der Waals surface area contributed by atoms with Crippen LogP contribution in [0.5, 0.6) is 5.88 Å². The Morgan fingerprint density at radius 3 is 2.73 bits per heavy atom. The third kappa shape index (κ3) is 3.23. The zero-order valence-corrected chi connectivity index (χ0v) is 9.15. The summed E-state index contributed by atoms with van der Waals surface area (Å²) in [5, 5.41) is 8.75. The number of aromatic nitrogens is 1. The maximum atomic E-state index is 10.7. The SMILES string of the molecule is CCC(C)(C)Oc1cccc(C(=O)O)n1. The molecule has 82 valence electrons. The van der Waals surface area contributed by atoms with Gasteiger partial charge in [-0.05, 0) is 26.3 Å². The zero-order chi connectivity index (χ0) is 11.5. The van der Waals surface area contributed by atoms with Crippen molar-refractivity contribution in [3.05, 3.63) is 23.9 Å². The van der Waals surface area contributed by atoms with Crippen LogP contribution in [0.3, 0.4) is 0 Å². The van der Waals surface area contributed by atoms with Gasteiger partial charge in [-0.15, -0.1) is 0 Å². The molecule has 4 nitrogen and oxygen atoms in total. The molecule has 4 heteroatoms. The fraction of sp³-hybridized carbons (Fsp3) is 0.455. The number of carboxylic acids is 1. The Morgan fingerprint density at radius 2 is 2.20 bits per heavy atom. The highest BCUT2D eigenvalue weighted by Gasteiger charge is 2.18. The smallest absolute Gasteiger partial charge is 0.354 e. The van der Waals surface area contributed by atoms with Gasteiger partial charge in [-0.25, -0.2) is 9.78 Å². The van der Waals surface area contributed by atoms with Crippen molar-refractivity contribution in [1.82, 2.24) is 4.98 Å². The zero-order valence-electron chi connectivity index (χ0n) is 9.15. The summed E-state index contributed by atoms with van der Waals surface area (Å²) in [5.74, 6) is -0.698. The molecule has 15 heavy (non-hydrogen) atoms. The molecule has 0 amide bonds. The molecule has 1 rings (SSSR count). The van der Waals surface area contributed by atoms with E-state index in [0.29, 0.717) is 5.88 Å². The van der Waals surface area contributed by atoms with E-state index in [0.717, 1.165) is 6.42 Å². The lowest BCUT2D eigenvalue weighted by atomic mass is 10.1. The predicted octanol–water partition coefficient (Wildman–Crippen LogP) is 2.35. The van der Waals surface area contributed by atoms with E-state index in [1.165, 1.54) is 6.07 Å². The van der Waals surface area contributed by atoms with E-state index < -0.39 is 5.97 Å². The van der Waals surface area contributed by atoms with Crippen LogP contribution in [0, 0.1) is 0 Å². The Balaban J connectivity index is 2.87. The van der Waals surface area contributed by atoms with Crippen LogP contribution in [0.1, 0.15) is 37.7 Å². The van der Waals surface area contributed by atoms with Crippen LogP contribution in [0.2, 0.25) is 0 Å². The minimum atomic E-state index is -1.05. The molecule has 0 bridgehead atoms. The van der Waals surface area contributed by atoms with Gasteiger partial charge in [0.05, 0.1) is 0 Å². The number of hydrogen-bond donors (Lipinski definition) is 1. The number of pyridine rings is 1. The summed E-state index contributed by atoms with van der Waals surface area (Å²) in [6.45, 7) is 5.87. The summed E-state index contributed by atoms with van der Waals surface area (Å²) in [5.41, 5.74) is -0.330. The average molecular weight is 209 g/mol. The molecule has 0 atom stereocenters. The molecule has 0 saturated carbocycles. The van der Waals surface area contributed by atoms with Gasteiger partial charge in [0.1, 0.15) is 5.60 Å². The van der Waals surface area contributed by atoms with Crippen molar-refractivity contribution in [1.29, 1.82) is 0 Å². The molecular formula is C11H15NO3. The van der Waals surface area contributed by atoms with Gasteiger partial charge >= 0.3 is 5.97 Å². The van der Waals surface area contributed by atoms with E-state index in [2.05, 4.69) is 4.98 Å². The number of carboxylic acid groups (broad SMARTS) is 1. The first kappa shape index (κ1) is 11.5. The van der Waals surface area contributed by atoms with Gasteiger partial charge in [0.25, 0.3) is 0 Å². The molecule has 1 N–H and O–H groups in total. The van der Waals surface area contributed by atoms with E-state index >= 15 is 0 Å². The van der Waals surface area contributed by atoms with Gasteiger partial charge in [0.2, 0.25) is 5.88 Å². The molecule has 0 aromatic carbocycles. The maximum Gasteiger partial charge on any atom is 0.354 e. The highest BCUT2D eigenvalue weighted by molar-refractivity contribution is 5.85. The van der Waals surface area contributed by atoms with Gasteiger partial charge in [-0.2, -0.15) is 0 Å². The number of hydrogen-bond acceptors (Lipinski definition) is 3. The summed E-state index contributed by atoms with van der Waals surface area (Å²) in [6, 6.07) is 4.72. The van der Waals surface area contributed by atoms with Gasteiger partial charge in [0, 0.05) is 6.07 Å². The van der Waals surface area contributed by atoms with Crippen LogP contribution in [-0.4, -0.2) is 21.7 Å². The Hall–Kier alpha value is -1.58. The molecule has 0 aliphatic rings. The van der Waals surface area contributed by atoms with Gasteiger partial charge in [-0.1, -0.05) is 13.0 Å². The van der Waals surface area contributed by atoms with Crippen LogP contribution in [-0.2, 0) is 0 Å². The number of aromatic carboxylic acids is 1. The van der Waals surface area contributed by atoms with Crippen molar-refractivity contribution in [2.24, 2.45) is 0 Å². The Kier molecular flexibility index (Phi) is 3.29. The standard InChI is InChI=1S/C11H15NO3/c1-4-11(2,3)15-9-7-5-6-8(12-9)10(13)14/h5-7H,4H2,1-3H3,(H,13,14). The lowest BCUT2D eigenvalue weighted by Gasteiger charge is -2.23. The summed E-state index contributed by atoms with van der Waals surface area (Å²) in [7, 11) is 0. The number of nitrogens with zero attached hydrogens (tertiary/aromatic N) is 1. The van der Waals surface area contributed by atoms with E-state index in [-0.39, 0.29) is 11.3 Å². The molecule has 0 aliphatic heterocycles. The summed E-state index contributed by atoms with van der Waals surface area (Å²) < 4.78 is 5.57. The molecule has 0 fully saturated rings. The topological polar surface area (TPSA) is 59.4 Å². The monoisotopic (exact) mass is 209 g/mol. The van der Waals surface area contributed by atoms with Gasteiger partial charge in [-0.3, -0.25) is 0 Å². The summed E-state index contributed by atoms with van der Waals surface area (Å²) in [4.78, 5) is 14.6. The normalized spacial score (nSPS) is 11.1. The third-order valence-corrected chi connectivity index (χ3v) is 2.17. The highest BCUT2D eigenvalue weighted by Crippen LogP contribution is 2.18. The molecule has 0 aliphatic carbocycles. The Morgan fingerprint density at radius 1 is 1.53 bits per heavy atom. The first-order valence-electron chi connectivity index (χ1n) is 4.84. The van der Waals surface area contributed by atoms with Crippen molar-refractivity contribution in [3.8, 4) is 5.88 Å². The Bertz CT molecular complexity index is 361. The second-order valence-electron chi connectivity index (χ2n) is 3.88. The minimum Gasteiger partial charge on any atom is -0.477 e. The average Bonchev–Trinajstić information content (AvgIpc) is 2.17. The fourth-order valence-electron chi connectivity index (χ4n) is 0.946. The van der Waals surface area contributed by atoms with E-state index in [1.807, 2.05) is 20.8 Å². The van der Waals surface area contributed by atoms with Crippen LogP contribution in [0.15, 0.2) is 18.2 Å². The maximum absolute atomic E-state index is 10.7. The van der Waals surface area contributed by atoms with Crippen molar-refractivity contribution >= 4 is 5.97 Å². The summed E-state index contributed by atoms with van der Waals surface area (Å²) >= 11 is 0. The van der Waals surface area contributed by atoms with Crippen molar-refractivity contribution < 1.29 is 14.6 Å². The highest BCUT2D eigenvalue weighted by atomic mass is 16.5. The molecule has 0 unspecified atom stereocenters. The molecular weight excluding hydrogens is 194 g/mol. The number of rotatable bonds is 4. The predicted molar refractivity (Wildman–Crippen MR) is 56.2 cm³/mol. The first-order chi connectivity index (χ1) is 6.94. The van der Waals surface area contributed by atoms with Crippen LogP contribution in [0.4, 0.5) is 0 Å².